The second kappa shape index (κ2) is 2.74. The fourth-order valence-corrected chi connectivity index (χ4v) is 1.60. The first-order valence-electron chi connectivity index (χ1n) is 3.88. The average molecular weight is 126 g/mol. The van der Waals surface area contributed by atoms with E-state index in [0.29, 0.717) is 0 Å². The molecule has 0 aromatic carbocycles. The third-order valence-electron chi connectivity index (χ3n) is 2.39. The molecule has 0 amide bonds. The lowest BCUT2D eigenvalue weighted by atomic mass is 9.66. The molecule has 0 aromatic rings. The van der Waals surface area contributed by atoms with Gasteiger partial charge in [0.1, 0.15) is 0 Å². The van der Waals surface area contributed by atoms with Gasteiger partial charge >= 0.3 is 0 Å². The molecule has 1 aliphatic rings. The van der Waals surface area contributed by atoms with Crippen LogP contribution < -0.4 is 0 Å². The highest BCUT2D eigenvalue weighted by Gasteiger charge is 2.27. The van der Waals surface area contributed by atoms with Gasteiger partial charge in [-0.1, -0.05) is 20.3 Å². The van der Waals surface area contributed by atoms with Gasteiger partial charge in [-0.3, -0.25) is 0 Å². The van der Waals surface area contributed by atoms with Gasteiger partial charge in [0.2, 0.25) is 0 Å². The lowest BCUT2D eigenvalue weighted by Gasteiger charge is -2.12. The molecule has 1 aliphatic heterocycles. The Morgan fingerprint density at radius 3 is 2.44 bits per heavy atom. The van der Waals surface area contributed by atoms with E-state index in [0.717, 1.165) is 24.5 Å². The summed E-state index contributed by atoms with van der Waals surface area (Å²) >= 11 is 0. The minimum Gasteiger partial charge on any atom is -0.450 e. The SMILES string of the molecule is CC(C)C1CCB(O)C1. The first-order chi connectivity index (χ1) is 4.20. The van der Waals surface area contributed by atoms with Gasteiger partial charge in [-0.2, -0.15) is 0 Å². The number of hydrogen-bond donors (Lipinski definition) is 1. The van der Waals surface area contributed by atoms with Crippen molar-refractivity contribution < 1.29 is 5.02 Å². The summed E-state index contributed by atoms with van der Waals surface area (Å²) in [6, 6.07) is 0. The van der Waals surface area contributed by atoms with Crippen LogP contribution in [0, 0.1) is 11.8 Å². The number of hydrogen-bond acceptors (Lipinski definition) is 1. The van der Waals surface area contributed by atoms with Crippen molar-refractivity contribution in [1.82, 2.24) is 0 Å². The zero-order chi connectivity index (χ0) is 6.85. The third kappa shape index (κ3) is 1.72. The van der Waals surface area contributed by atoms with Crippen LogP contribution in [0.25, 0.3) is 0 Å². The Hall–Kier alpha value is 0.0249. The third-order valence-corrected chi connectivity index (χ3v) is 2.39. The zero-order valence-corrected chi connectivity index (χ0v) is 6.30. The summed E-state index contributed by atoms with van der Waals surface area (Å²) in [5, 5.41) is 9.15. The second-order valence-corrected chi connectivity index (χ2v) is 3.47. The van der Waals surface area contributed by atoms with Crippen LogP contribution in [0.1, 0.15) is 20.3 Å². The maximum atomic E-state index is 9.15. The number of rotatable bonds is 1. The van der Waals surface area contributed by atoms with E-state index in [9.17, 15) is 0 Å². The van der Waals surface area contributed by atoms with Crippen LogP contribution in [0.3, 0.4) is 0 Å². The van der Waals surface area contributed by atoms with E-state index in [-0.39, 0.29) is 6.92 Å². The Morgan fingerprint density at radius 2 is 2.22 bits per heavy atom. The van der Waals surface area contributed by atoms with Crippen LogP contribution in [0.2, 0.25) is 12.6 Å². The summed E-state index contributed by atoms with van der Waals surface area (Å²) in [6.45, 7) is 4.49. The monoisotopic (exact) mass is 126 g/mol. The maximum absolute atomic E-state index is 9.15. The van der Waals surface area contributed by atoms with Crippen molar-refractivity contribution in [2.75, 3.05) is 0 Å². The Kier molecular flexibility index (Phi) is 2.17. The molecule has 0 aromatic heterocycles. The highest BCUT2D eigenvalue weighted by Crippen LogP contribution is 2.30. The zero-order valence-electron chi connectivity index (χ0n) is 6.30. The second-order valence-electron chi connectivity index (χ2n) is 3.47. The molecule has 1 fully saturated rings. The molecular formula is C7H15BO. The normalized spacial score (nSPS) is 28.0. The molecule has 1 N–H and O–H groups in total. The summed E-state index contributed by atoms with van der Waals surface area (Å²) < 4.78 is 0. The van der Waals surface area contributed by atoms with Crippen molar-refractivity contribution in [2.45, 2.75) is 32.9 Å². The highest BCUT2D eigenvalue weighted by atomic mass is 16.2. The largest absolute Gasteiger partial charge is 0.450 e. The molecule has 1 saturated heterocycles. The molecule has 9 heavy (non-hydrogen) atoms. The lowest BCUT2D eigenvalue weighted by molar-refractivity contribution is 0.421. The van der Waals surface area contributed by atoms with Crippen molar-refractivity contribution in [2.24, 2.45) is 11.8 Å². The van der Waals surface area contributed by atoms with E-state index in [1.54, 1.807) is 0 Å². The van der Waals surface area contributed by atoms with Gasteiger partial charge in [-0.25, -0.2) is 0 Å². The topological polar surface area (TPSA) is 20.2 Å². The molecule has 0 spiro atoms. The molecule has 52 valence electrons. The van der Waals surface area contributed by atoms with Crippen molar-refractivity contribution in [1.29, 1.82) is 0 Å². The van der Waals surface area contributed by atoms with Crippen LogP contribution in [0.4, 0.5) is 0 Å². The van der Waals surface area contributed by atoms with Gasteiger partial charge in [0.15, 0.2) is 0 Å². The van der Waals surface area contributed by atoms with Crippen molar-refractivity contribution in [3.63, 3.8) is 0 Å². The van der Waals surface area contributed by atoms with Crippen molar-refractivity contribution in [3.05, 3.63) is 0 Å². The van der Waals surface area contributed by atoms with Gasteiger partial charge in [0.25, 0.3) is 6.92 Å². The van der Waals surface area contributed by atoms with Crippen molar-refractivity contribution in [3.8, 4) is 0 Å². The summed E-state index contributed by atoms with van der Waals surface area (Å²) in [5.74, 6) is 1.56. The lowest BCUT2D eigenvalue weighted by Crippen LogP contribution is -2.08. The molecule has 2 heteroatoms. The molecule has 1 atom stereocenters. The van der Waals surface area contributed by atoms with Crippen molar-refractivity contribution >= 4 is 6.92 Å². The summed E-state index contributed by atoms with van der Waals surface area (Å²) in [6.07, 6.45) is 3.30. The van der Waals surface area contributed by atoms with E-state index in [1.807, 2.05) is 0 Å². The summed E-state index contributed by atoms with van der Waals surface area (Å²) in [4.78, 5) is 0. The van der Waals surface area contributed by atoms with Gasteiger partial charge in [-0.05, 0) is 24.5 Å². The Morgan fingerprint density at radius 1 is 1.56 bits per heavy atom. The predicted octanol–water partition coefficient (Wildman–Crippen LogP) is 1.65. The Bertz CT molecular complexity index is 92.9. The van der Waals surface area contributed by atoms with E-state index in [4.69, 9.17) is 5.02 Å². The molecule has 1 rings (SSSR count). The molecule has 0 radical (unpaired) electrons. The van der Waals surface area contributed by atoms with E-state index < -0.39 is 0 Å². The van der Waals surface area contributed by atoms with Crippen LogP contribution >= 0.6 is 0 Å². The Balaban J connectivity index is 2.30. The highest BCUT2D eigenvalue weighted by molar-refractivity contribution is 6.51. The van der Waals surface area contributed by atoms with Crippen LogP contribution in [-0.2, 0) is 0 Å². The van der Waals surface area contributed by atoms with Gasteiger partial charge in [0, 0.05) is 0 Å². The first-order valence-corrected chi connectivity index (χ1v) is 3.88. The van der Waals surface area contributed by atoms with E-state index in [2.05, 4.69) is 13.8 Å². The fourth-order valence-electron chi connectivity index (χ4n) is 1.60. The molecule has 1 nitrogen and oxygen atoms in total. The smallest absolute Gasteiger partial charge is 0.289 e. The van der Waals surface area contributed by atoms with E-state index >= 15 is 0 Å². The molecule has 0 bridgehead atoms. The van der Waals surface area contributed by atoms with Crippen LogP contribution in [0.5, 0.6) is 0 Å². The van der Waals surface area contributed by atoms with Gasteiger partial charge in [0.05, 0.1) is 0 Å². The minimum absolute atomic E-state index is 0.0115. The average Bonchev–Trinajstić information content (AvgIpc) is 2.14. The summed E-state index contributed by atoms with van der Waals surface area (Å²) in [7, 11) is 0. The minimum atomic E-state index is 0.0115. The standard InChI is InChI=1S/C7H15BO/c1-6(2)7-3-4-8(9)5-7/h6-7,9H,3-5H2,1-2H3. The molecule has 1 unspecified atom stereocenters. The first kappa shape index (κ1) is 7.14. The quantitative estimate of drug-likeness (QED) is 0.529. The van der Waals surface area contributed by atoms with Gasteiger partial charge in [-0.15, -0.1) is 0 Å². The fraction of sp³-hybridized carbons (Fsp3) is 1.00. The Labute approximate surface area is 57.6 Å². The molecule has 0 saturated carbocycles. The van der Waals surface area contributed by atoms with E-state index in [1.165, 1.54) is 6.42 Å². The predicted molar refractivity (Wildman–Crippen MR) is 40.5 cm³/mol. The van der Waals surface area contributed by atoms with Crippen LogP contribution in [0.15, 0.2) is 0 Å². The molecular weight excluding hydrogens is 111 g/mol. The molecule has 1 heterocycles. The van der Waals surface area contributed by atoms with Gasteiger partial charge < -0.3 is 5.02 Å². The summed E-state index contributed by atoms with van der Waals surface area (Å²) in [5.41, 5.74) is 0. The molecule has 0 aliphatic carbocycles. The maximum Gasteiger partial charge on any atom is 0.289 e. The van der Waals surface area contributed by atoms with Crippen LogP contribution in [-0.4, -0.2) is 11.9 Å².